The molecule has 0 fully saturated rings. The highest BCUT2D eigenvalue weighted by molar-refractivity contribution is 7.15. The maximum atomic E-state index is 13.5. The van der Waals surface area contributed by atoms with E-state index in [1.807, 2.05) is 104 Å². The van der Waals surface area contributed by atoms with Crippen LogP contribution in [-0.4, -0.2) is 31.0 Å². The van der Waals surface area contributed by atoms with Crippen molar-refractivity contribution in [1.82, 2.24) is 24.4 Å². The van der Waals surface area contributed by atoms with E-state index in [0.717, 1.165) is 50.4 Å². The van der Waals surface area contributed by atoms with Crippen molar-refractivity contribution in [2.75, 3.05) is 6.61 Å². The number of fused-ring (bicyclic) bond motifs is 2. The highest BCUT2D eigenvalue weighted by Gasteiger charge is 2.20. The van der Waals surface area contributed by atoms with Crippen molar-refractivity contribution in [2.45, 2.75) is 20.8 Å². The fourth-order valence-corrected chi connectivity index (χ4v) is 5.90. The summed E-state index contributed by atoms with van der Waals surface area (Å²) < 4.78 is 15.5. The van der Waals surface area contributed by atoms with Crippen molar-refractivity contribution in [3.8, 4) is 34.3 Å². The van der Waals surface area contributed by atoms with Crippen molar-refractivity contribution < 1.29 is 9.15 Å². The highest BCUT2D eigenvalue weighted by atomic mass is 32.1. The van der Waals surface area contributed by atoms with Crippen LogP contribution in [0, 0.1) is 13.8 Å². The summed E-state index contributed by atoms with van der Waals surface area (Å²) in [5.74, 6) is 1.81. The number of benzene rings is 3. The molecule has 8 nitrogen and oxygen atoms in total. The van der Waals surface area contributed by atoms with E-state index >= 15 is 0 Å². The lowest BCUT2D eigenvalue weighted by Crippen LogP contribution is -2.23. The number of ether oxygens (including phenoxy) is 1. The van der Waals surface area contributed by atoms with E-state index in [1.54, 1.807) is 0 Å². The molecular weight excluding hydrogens is 534 g/mol. The van der Waals surface area contributed by atoms with E-state index in [4.69, 9.17) is 14.3 Å². The van der Waals surface area contributed by atoms with Gasteiger partial charge in [-0.2, -0.15) is 14.6 Å². The number of aryl methyl sites for hydroxylation is 2. The van der Waals surface area contributed by atoms with Crippen LogP contribution in [0.3, 0.4) is 0 Å². The molecule has 9 heteroatoms. The van der Waals surface area contributed by atoms with Gasteiger partial charge in [-0.1, -0.05) is 47.7 Å². The normalized spacial score (nSPS) is 12.1. The van der Waals surface area contributed by atoms with Gasteiger partial charge in [-0.3, -0.25) is 4.79 Å². The summed E-state index contributed by atoms with van der Waals surface area (Å²) in [7, 11) is 0. The standard InChI is InChI=1S/C32H25N5O3S/c1-4-39-25-15-14-21(16-19(25)2)28-22(18-36(34-28)23-10-6-5-7-11-23)17-27-31(38)37-32(41-27)33-30(35-37)29-20(3)24-12-8-9-13-26(24)40-29/h5-18H,4H2,1-3H3. The lowest BCUT2D eigenvalue weighted by molar-refractivity contribution is 0.338. The first-order valence-electron chi connectivity index (χ1n) is 13.3. The minimum absolute atomic E-state index is 0.237. The van der Waals surface area contributed by atoms with Gasteiger partial charge in [0.1, 0.15) is 17.0 Å². The maximum absolute atomic E-state index is 13.5. The summed E-state index contributed by atoms with van der Waals surface area (Å²) in [5, 5.41) is 10.4. The van der Waals surface area contributed by atoms with Gasteiger partial charge in [-0.15, -0.1) is 5.10 Å². The van der Waals surface area contributed by atoms with Gasteiger partial charge in [0.15, 0.2) is 5.76 Å². The summed E-state index contributed by atoms with van der Waals surface area (Å²) in [6.45, 7) is 6.56. The first kappa shape index (κ1) is 25.0. The summed E-state index contributed by atoms with van der Waals surface area (Å²) in [6.07, 6.45) is 3.80. The quantitative estimate of drug-likeness (QED) is 0.249. The fourth-order valence-electron chi connectivity index (χ4n) is 5.00. The zero-order valence-corrected chi connectivity index (χ0v) is 23.5. The molecule has 0 bridgehead atoms. The summed E-state index contributed by atoms with van der Waals surface area (Å²) >= 11 is 1.29. The minimum Gasteiger partial charge on any atom is -0.494 e. The van der Waals surface area contributed by atoms with Crippen molar-refractivity contribution in [3.63, 3.8) is 0 Å². The second-order valence-electron chi connectivity index (χ2n) is 9.72. The Kier molecular flexibility index (Phi) is 6.01. The number of aromatic nitrogens is 5. The van der Waals surface area contributed by atoms with Crippen LogP contribution in [0.25, 0.3) is 50.5 Å². The van der Waals surface area contributed by atoms with Gasteiger partial charge in [-0.25, -0.2) is 4.68 Å². The van der Waals surface area contributed by atoms with Crippen LogP contribution in [0.5, 0.6) is 5.75 Å². The van der Waals surface area contributed by atoms with Gasteiger partial charge in [0.2, 0.25) is 10.8 Å². The topological polar surface area (TPSA) is 87.4 Å². The number of nitrogens with zero attached hydrogens (tertiary/aromatic N) is 5. The lowest BCUT2D eigenvalue weighted by atomic mass is 10.0. The predicted octanol–water partition coefficient (Wildman–Crippen LogP) is 5.98. The van der Waals surface area contributed by atoms with E-state index in [9.17, 15) is 4.79 Å². The van der Waals surface area contributed by atoms with Crippen molar-refractivity contribution in [2.24, 2.45) is 0 Å². The molecule has 7 rings (SSSR count). The van der Waals surface area contributed by atoms with Crippen LogP contribution < -0.4 is 14.8 Å². The SMILES string of the molecule is CCOc1ccc(-c2nn(-c3ccccc3)cc2C=c2sc3nc(-c4oc5ccccc5c4C)nn3c2=O)cc1C. The Hall–Kier alpha value is -5.02. The molecule has 0 saturated heterocycles. The number of hydrogen-bond acceptors (Lipinski definition) is 7. The molecular formula is C32H25N5O3S. The lowest BCUT2D eigenvalue weighted by Gasteiger charge is -2.08. The molecule has 0 aliphatic carbocycles. The Morgan fingerprint density at radius 3 is 2.56 bits per heavy atom. The monoisotopic (exact) mass is 559 g/mol. The minimum atomic E-state index is -0.237. The molecule has 0 atom stereocenters. The third-order valence-electron chi connectivity index (χ3n) is 7.03. The van der Waals surface area contributed by atoms with Crippen LogP contribution in [0.2, 0.25) is 0 Å². The van der Waals surface area contributed by atoms with E-state index in [0.29, 0.717) is 27.7 Å². The average molecular weight is 560 g/mol. The van der Waals surface area contributed by atoms with Gasteiger partial charge in [0.25, 0.3) is 5.56 Å². The zero-order valence-electron chi connectivity index (χ0n) is 22.7. The second-order valence-corrected chi connectivity index (χ2v) is 10.7. The Labute approximate surface area is 238 Å². The highest BCUT2D eigenvalue weighted by Crippen LogP contribution is 2.32. The van der Waals surface area contributed by atoms with Gasteiger partial charge >= 0.3 is 0 Å². The average Bonchev–Trinajstić information content (AvgIpc) is 3.74. The Balaban J connectivity index is 1.35. The summed E-state index contributed by atoms with van der Waals surface area (Å²) in [6, 6.07) is 23.7. The fraction of sp³-hybridized carbons (Fsp3) is 0.125. The smallest absolute Gasteiger partial charge is 0.291 e. The largest absolute Gasteiger partial charge is 0.494 e. The zero-order chi connectivity index (χ0) is 28.1. The number of para-hydroxylation sites is 2. The molecule has 0 spiro atoms. The van der Waals surface area contributed by atoms with E-state index in [2.05, 4.69) is 16.1 Å². The molecule has 7 aromatic rings. The summed E-state index contributed by atoms with van der Waals surface area (Å²) in [4.78, 5) is 18.7. The van der Waals surface area contributed by atoms with Crippen molar-refractivity contribution >= 4 is 33.3 Å². The van der Waals surface area contributed by atoms with Gasteiger partial charge in [0, 0.05) is 28.3 Å². The molecule has 0 N–H and O–H groups in total. The third kappa shape index (κ3) is 4.31. The number of rotatable bonds is 6. The molecule has 0 radical (unpaired) electrons. The van der Waals surface area contributed by atoms with Gasteiger partial charge in [0.05, 0.1) is 16.8 Å². The molecule has 0 aliphatic heterocycles. The Morgan fingerprint density at radius 1 is 1.00 bits per heavy atom. The van der Waals surface area contributed by atoms with Crippen molar-refractivity contribution in [3.05, 3.63) is 111 Å². The molecule has 0 saturated carbocycles. The van der Waals surface area contributed by atoms with Gasteiger partial charge < -0.3 is 9.15 Å². The second kappa shape index (κ2) is 9.87. The van der Waals surface area contributed by atoms with Crippen LogP contribution in [0.4, 0.5) is 0 Å². The van der Waals surface area contributed by atoms with Crippen molar-refractivity contribution in [1.29, 1.82) is 0 Å². The molecule has 3 aromatic carbocycles. The van der Waals surface area contributed by atoms with Crippen LogP contribution >= 0.6 is 11.3 Å². The van der Waals surface area contributed by atoms with Crippen LogP contribution in [0.1, 0.15) is 23.6 Å². The predicted molar refractivity (Wildman–Crippen MR) is 161 cm³/mol. The molecule has 41 heavy (non-hydrogen) atoms. The van der Waals surface area contributed by atoms with E-state index in [1.165, 1.54) is 15.9 Å². The summed E-state index contributed by atoms with van der Waals surface area (Å²) in [5.41, 5.74) is 5.92. The van der Waals surface area contributed by atoms with E-state index in [-0.39, 0.29) is 5.56 Å². The molecule has 4 aromatic heterocycles. The van der Waals surface area contributed by atoms with Crippen LogP contribution in [0.15, 0.2) is 88.2 Å². The maximum Gasteiger partial charge on any atom is 0.291 e. The Morgan fingerprint density at radius 2 is 1.80 bits per heavy atom. The molecule has 0 amide bonds. The van der Waals surface area contributed by atoms with Gasteiger partial charge in [-0.05, 0) is 68.8 Å². The molecule has 202 valence electrons. The third-order valence-corrected chi connectivity index (χ3v) is 7.99. The number of hydrogen-bond donors (Lipinski definition) is 0. The van der Waals surface area contributed by atoms with Crippen LogP contribution in [-0.2, 0) is 0 Å². The number of furan rings is 1. The first-order valence-corrected chi connectivity index (χ1v) is 14.1. The van der Waals surface area contributed by atoms with E-state index < -0.39 is 0 Å². The molecule has 0 aliphatic rings. The first-order chi connectivity index (χ1) is 20.0. The Bertz CT molecular complexity index is 2170. The number of thiazole rings is 1. The molecule has 0 unspecified atom stereocenters. The molecule has 4 heterocycles.